The van der Waals surface area contributed by atoms with Gasteiger partial charge in [-0.05, 0) is 51.0 Å². The smallest absolute Gasteiger partial charge is 0.358 e. The lowest BCUT2D eigenvalue weighted by Crippen LogP contribution is -2.64. The molecule has 1 aromatic heterocycles. The van der Waals surface area contributed by atoms with Gasteiger partial charge in [0.15, 0.2) is 5.69 Å². The number of esters is 1. The minimum absolute atomic E-state index is 0.0160. The molecule has 0 radical (unpaired) electrons. The predicted octanol–water partition coefficient (Wildman–Crippen LogP) is 4.07. The predicted molar refractivity (Wildman–Crippen MR) is 133 cm³/mol. The molecule has 0 unspecified atom stereocenters. The molecule has 2 aromatic carbocycles. The maximum Gasteiger partial charge on any atom is 0.358 e. The van der Waals surface area contributed by atoms with Gasteiger partial charge in [-0.25, -0.2) is 4.79 Å². The number of halogens is 1. The van der Waals surface area contributed by atoms with E-state index in [-0.39, 0.29) is 30.4 Å². The van der Waals surface area contributed by atoms with E-state index in [0.29, 0.717) is 17.3 Å². The summed E-state index contributed by atoms with van der Waals surface area (Å²) in [5, 5.41) is 7.68. The molecule has 182 valence electrons. The second-order valence-corrected chi connectivity index (χ2v) is 9.24. The third-order valence-corrected chi connectivity index (χ3v) is 6.35. The van der Waals surface area contributed by atoms with Gasteiger partial charge in [-0.1, -0.05) is 47.5 Å². The molecule has 2 amide bonds. The van der Waals surface area contributed by atoms with Crippen molar-refractivity contribution in [3.8, 4) is 0 Å². The van der Waals surface area contributed by atoms with Crippen LogP contribution in [-0.4, -0.2) is 39.7 Å². The van der Waals surface area contributed by atoms with E-state index in [2.05, 4.69) is 10.4 Å². The van der Waals surface area contributed by atoms with Crippen LogP contribution in [0.4, 0.5) is 5.69 Å². The summed E-state index contributed by atoms with van der Waals surface area (Å²) >= 11 is 6.27. The van der Waals surface area contributed by atoms with Crippen molar-refractivity contribution in [1.29, 1.82) is 0 Å². The van der Waals surface area contributed by atoms with Gasteiger partial charge >= 0.3 is 5.97 Å². The van der Waals surface area contributed by atoms with Crippen LogP contribution in [0.5, 0.6) is 0 Å². The first kappa shape index (κ1) is 24.5. The Morgan fingerprint density at radius 3 is 2.54 bits per heavy atom. The third-order valence-electron chi connectivity index (χ3n) is 6.11. The van der Waals surface area contributed by atoms with Crippen LogP contribution in [0.25, 0.3) is 0 Å². The average molecular weight is 495 g/mol. The lowest BCUT2D eigenvalue weighted by molar-refractivity contribution is -0.126. The quantitative estimate of drug-likeness (QED) is 0.521. The van der Waals surface area contributed by atoms with Crippen LogP contribution < -0.4 is 10.2 Å². The molecule has 0 aliphatic carbocycles. The number of rotatable bonds is 6. The average Bonchev–Trinajstić information content (AvgIpc) is 3.25. The molecule has 0 spiro atoms. The molecule has 9 heteroatoms. The minimum Gasteiger partial charge on any atom is -0.461 e. The Kier molecular flexibility index (Phi) is 6.67. The molecular weight excluding hydrogens is 468 g/mol. The Balaban J connectivity index is 1.75. The van der Waals surface area contributed by atoms with Gasteiger partial charge in [0, 0.05) is 23.3 Å². The van der Waals surface area contributed by atoms with Gasteiger partial charge in [-0.2, -0.15) is 5.10 Å². The largest absolute Gasteiger partial charge is 0.461 e. The molecule has 1 aliphatic heterocycles. The Bertz CT molecular complexity index is 1300. The van der Waals surface area contributed by atoms with Crippen molar-refractivity contribution in [3.63, 3.8) is 0 Å². The number of anilines is 1. The number of carbonyl (C=O) groups is 3. The normalized spacial score (nSPS) is 17.2. The highest BCUT2D eigenvalue weighted by Gasteiger charge is 2.49. The zero-order valence-corrected chi connectivity index (χ0v) is 20.8. The number of hydrogen-bond acceptors (Lipinski definition) is 5. The number of nitrogens with one attached hydrogen (secondary N) is 1. The van der Waals surface area contributed by atoms with Gasteiger partial charge in [0.05, 0.1) is 13.2 Å². The molecule has 0 saturated heterocycles. The van der Waals surface area contributed by atoms with Gasteiger partial charge < -0.3 is 10.1 Å². The summed E-state index contributed by atoms with van der Waals surface area (Å²) in [5.74, 6) is -1.44. The summed E-state index contributed by atoms with van der Waals surface area (Å²) in [6, 6.07) is 14.4. The summed E-state index contributed by atoms with van der Waals surface area (Å²) < 4.78 is 6.45. The first-order chi connectivity index (χ1) is 16.6. The molecule has 1 atom stereocenters. The van der Waals surface area contributed by atoms with E-state index in [1.54, 1.807) is 32.0 Å². The highest BCUT2D eigenvalue weighted by Crippen LogP contribution is 2.36. The summed E-state index contributed by atoms with van der Waals surface area (Å²) in [7, 11) is 0. The van der Waals surface area contributed by atoms with E-state index in [1.165, 1.54) is 15.6 Å². The molecule has 3 aromatic rings. The molecule has 1 N–H and O–H groups in total. The number of benzene rings is 2. The van der Waals surface area contributed by atoms with Crippen LogP contribution in [-0.2, 0) is 22.6 Å². The van der Waals surface area contributed by atoms with Crippen LogP contribution >= 0.6 is 11.6 Å². The minimum atomic E-state index is -1.35. The lowest BCUT2D eigenvalue weighted by atomic mass is 9.93. The number of hydrogen-bond donors (Lipinski definition) is 1. The summed E-state index contributed by atoms with van der Waals surface area (Å²) in [6.45, 7) is 7.74. The maximum atomic E-state index is 13.8. The van der Waals surface area contributed by atoms with Gasteiger partial charge in [-0.15, -0.1) is 0 Å². The van der Waals surface area contributed by atoms with Crippen molar-refractivity contribution in [2.24, 2.45) is 0 Å². The topological polar surface area (TPSA) is 93.5 Å². The first-order valence-corrected chi connectivity index (χ1v) is 11.7. The highest BCUT2D eigenvalue weighted by atomic mass is 35.5. The fourth-order valence-electron chi connectivity index (χ4n) is 4.17. The second-order valence-electron chi connectivity index (χ2n) is 8.81. The zero-order valence-electron chi connectivity index (χ0n) is 20.1. The molecule has 35 heavy (non-hydrogen) atoms. The van der Waals surface area contributed by atoms with Crippen molar-refractivity contribution < 1.29 is 19.1 Å². The molecule has 8 nitrogen and oxygen atoms in total. The number of aromatic nitrogens is 2. The monoisotopic (exact) mass is 494 g/mol. The van der Waals surface area contributed by atoms with Crippen LogP contribution in [0.15, 0.2) is 48.5 Å². The lowest BCUT2D eigenvalue weighted by Gasteiger charge is -2.43. The molecular formula is C26H27ClN4O4. The van der Waals surface area contributed by atoms with E-state index in [9.17, 15) is 14.4 Å². The van der Waals surface area contributed by atoms with Crippen molar-refractivity contribution in [1.82, 2.24) is 15.1 Å². The van der Waals surface area contributed by atoms with Crippen LogP contribution in [0.2, 0.25) is 5.02 Å². The van der Waals surface area contributed by atoms with Crippen LogP contribution in [0, 0.1) is 13.8 Å². The van der Waals surface area contributed by atoms with E-state index >= 15 is 0 Å². The van der Waals surface area contributed by atoms with E-state index in [4.69, 9.17) is 16.3 Å². The summed E-state index contributed by atoms with van der Waals surface area (Å²) in [4.78, 5) is 41.2. The fourth-order valence-corrected chi connectivity index (χ4v) is 4.33. The maximum absolute atomic E-state index is 13.8. The summed E-state index contributed by atoms with van der Waals surface area (Å²) in [6.07, 6.45) is 0. The molecule has 4 rings (SSSR count). The van der Waals surface area contributed by atoms with Crippen molar-refractivity contribution in [2.75, 3.05) is 11.5 Å². The van der Waals surface area contributed by atoms with Gasteiger partial charge in [0.2, 0.25) is 5.91 Å². The van der Waals surface area contributed by atoms with E-state index < -0.39 is 17.4 Å². The van der Waals surface area contributed by atoms with Crippen LogP contribution in [0.1, 0.15) is 51.5 Å². The third kappa shape index (κ3) is 4.66. The molecule has 0 saturated carbocycles. The Morgan fingerprint density at radius 1 is 1.14 bits per heavy atom. The molecule has 1 aliphatic rings. The zero-order chi connectivity index (χ0) is 25.3. The van der Waals surface area contributed by atoms with E-state index in [1.807, 2.05) is 38.1 Å². The van der Waals surface area contributed by atoms with Crippen molar-refractivity contribution in [3.05, 3.63) is 81.6 Å². The van der Waals surface area contributed by atoms with Gasteiger partial charge in [-0.3, -0.25) is 19.2 Å². The van der Waals surface area contributed by atoms with Crippen molar-refractivity contribution in [2.45, 2.75) is 46.3 Å². The standard InChI is InChI=1S/C26H27ClN4O4/c1-5-35-24(33)20-13-22-23(32)31(21-12-19(27)11-8-17(21)3)26(4,15-30(22)29-20)25(34)28-14-18-9-6-16(2)7-10-18/h6-13H,5,14-15H2,1-4H3,(H,28,34)/t26-/m0/s1. The van der Waals surface area contributed by atoms with Gasteiger partial charge in [0.1, 0.15) is 11.2 Å². The highest BCUT2D eigenvalue weighted by molar-refractivity contribution is 6.31. The second kappa shape index (κ2) is 9.54. The Hall–Kier alpha value is -3.65. The van der Waals surface area contributed by atoms with Crippen LogP contribution in [0.3, 0.4) is 0 Å². The number of ether oxygens (including phenoxy) is 1. The van der Waals surface area contributed by atoms with Gasteiger partial charge in [0.25, 0.3) is 5.91 Å². The number of aryl methyl sites for hydroxylation is 2. The fraction of sp³-hybridized carbons (Fsp3) is 0.308. The number of carbonyl (C=O) groups excluding carboxylic acids is 3. The molecule has 0 bridgehead atoms. The van der Waals surface area contributed by atoms with Crippen molar-refractivity contribution >= 4 is 35.1 Å². The molecule has 2 heterocycles. The van der Waals surface area contributed by atoms with E-state index in [0.717, 1.165) is 16.7 Å². The first-order valence-electron chi connectivity index (χ1n) is 11.3. The summed E-state index contributed by atoms with van der Waals surface area (Å²) in [5.41, 5.74) is 2.21. The molecule has 0 fully saturated rings. The Morgan fingerprint density at radius 2 is 1.86 bits per heavy atom. The SMILES string of the molecule is CCOC(=O)c1cc2n(n1)C[C@@](C)(C(=O)NCc1ccc(C)cc1)N(c1cc(Cl)ccc1C)C2=O. The number of fused-ring (bicyclic) bond motifs is 1. The number of nitrogens with zero attached hydrogens (tertiary/aromatic N) is 3. The number of amides is 2. The Labute approximate surface area is 208 Å².